The highest BCUT2D eigenvalue weighted by molar-refractivity contribution is 7.28. The van der Waals surface area contributed by atoms with Crippen LogP contribution in [0.25, 0.3) is 10.8 Å². The molecule has 0 amide bonds. The minimum atomic E-state index is 1.17. The maximum atomic E-state index is 3.25. The van der Waals surface area contributed by atoms with Gasteiger partial charge in [0.2, 0.25) is 0 Å². The van der Waals surface area contributed by atoms with E-state index in [1.54, 1.807) is 0 Å². The smallest absolute Gasteiger partial charge is 0.0221 e. The summed E-state index contributed by atoms with van der Waals surface area (Å²) in [6, 6.07) is 10.4. The van der Waals surface area contributed by atoms with E-state index in [0.29, 0.717) is 0 Å². The molecule has 0 fully saturated rings. The van der Waals surface area contributed by atoms with Crippen LogP contribution < -0.4 is 0 Å². The van der Waals surface area contributed by atoms with Gasteiger partial charge in [-0.1, -0.05) is 32.5 Å². The third-order valence-corrected chi connectivity index (χ3v) is 2.14. The van der Waals surface area contributed by atoms with Crippen molar-refractivity contribution < 1.29 is 0 Å². The van der Waals surface area contributed by atoms with Gasteiger partial charge in [-0.2, -0.15) is 0 Å². The fourth-order valence-electron chi connectivity index (χ4n) is 0.969. The van der Waals surface area contributed by atoms with E-state index in [1.807, 2.05) is 12.1 Å². The molecule has 1 heteroatoms. The lowest BCUT2D eigenvalue weighted by Gasteiger charge is -1.91. The van der Waals surface area contributed by atoms with Crippen LogP contribution in [0.4, 0.5) is 0 Å². The van der Waals surface area contributed by atoms with Crippen molar-refractivity contribution >= 4 is 19.0 Å². The Bertz CT molecular complexity index is 276. The molecule has 0 bridgehead atoms. The second-order valence-electron chi connectivity index (χ2n) is 2.14. The van der Waals surface area contributed by atoms with E-state index in [2.05, 4.69) is 29.8 Å². The van der Waals surface area contributed by atoms with E-state index in [9.17, 15) is 0 Å². The fourth-order valence-corrected chi connectivity index (χ4v) is 1.62. The average Bonchev–Trinajstić information content (AvgIpc) is 2.05. The predicted molar refractivity (Wildman–Crippen MR) is 45.3 cm³/mol. The summed E-state index contributed by atoms with van der Waals surface area (Å²) in [5.74, 6) is 5.35. The Labute approximate surface area is 61.6 Å². The number of fused-ring (bicyclic) bond motifs is 1. The van der Waals surface area contributed by atoms with E-state index < -0.39 is 0 Å². The first-order chi connectivity index (χ1) is 4.97. The van der Waals surface area contributed by atoms with Crippen molar-refractivity contribution in [3.63, 3.8) is 0 Å². The Morgan fingerprint density at radius 2 is 2.00 bits per heavy atom. The summed E-state index contributed by atoms with van der Waals surface area (Å²) in [5.41, 5.74) is 0. The van der Waals surface area contributed by atoms with Crippen molar-refractivity contribution in [3.05, 3.63) is 41.9 Å². The predicted octanol–water partition coefficient (Wildman–Crippen LogP) is 3.22. The number of hydrogen-bond donors (Lipinski definition) is 0. The molecule has 0 aliphatic heterocycles. The summed E-state index contributed by atoms with van der Waals surface area (Å²) < 4.78 is 0. The summed E-state index contributed by atoms with van der Waals surface area (Å²) in [6.07, 6.45) is 0. The highest BCUT2D eigenvalue weighted by Gasteiger charge is 1.86. The van der Waals surface area contributed by atoms with Gasteiger partial charge in [0.05, 0.1) is 0 Å². The van der Waals surface area contributed by atoms with Gasteiger partial charge in [0.25, 0.3) is 0 Å². The molecule has 0 unspecified atom stereocenters. The molecule has 1 radical (unpaired) electrons. The van der Waals surface area contributed by atoms with Crippen LogP contribution in [0.1, 0.15) is 0 Å². The number of rotatable bonds is 0. The molecule has 47 valence electrons. The van der Waals surface area contributed by atoms with Gasteiger partial charge in [-0.15, -0.1) is 0 Å². The van der Waals surface area contributed by atoms with Crippen LogP contribution in [-0.4, -0.2) is 0 Å². The fraction of sp³-hybridized carbons (Fsp3) is 0. The zero-order chi connectivity index (χ0) is 6.81. The number of hydrogen-bond acceptors (Lipinski definition) is 0. The van der Waals surface area contributed by atoms with Crippen LogP contribution in [0, 0.1) is 5.80 Å². The molecule has 1 aromatic carbocycles. The van der Waals surface area contributed by atoms with Gasteiger partial charge in [0, 0.05) is 5.80 Å². The molecule has 1 aromatic heterocycles. The van der Waals surface area contributed by atoms with Gasteiger partial charge in [0.15, 0.2) is 0 Å². The van der Waals surface area contributed by atoms with Crippen LogP contribution >= 0.6 is 8.19 Å². The molecule has 10 heavy (non-hydrogen) atoms. The zero-order valence-corrected chi connectivity index (χ0v) is 6.31. The Morgan fingerprint density at radius 1 is 1.10 bits per heavy atom. The molecule has 0 saturated heterocycles. The molecule has 2 aromatic rings. The van der Waals surface area contributed by atoms with Crippen LogP contribution in [-0.2, 0) is 0 Å². The Balaban J connectivity index is 2.89. The standard InChI is InChI=1S/C9H6P/c1-2-4-9-7-10-6-5-8(9)3-1/h1-6H. The minimum absolute atomic E-state index is 1.17. The molecule has 2 rings (SSSR count). The topological polar surface area (TPSA) is 0 Å². The maximum absolute atomic E-state index is 3.25. The number of benzene rings is 1. The van der Waals surface area contributed by atoms with Gasteiger partial charge in [0.1, 0.15) is 0 Å². The second kappa shape index (κ2) is 2.40. The third-order valence-electron chi connectivity index (χ3n) is 1.47. The van der Waals surface area contributed by atoms with Crippen LogP contribution in [0.5, 0.6) is 0 Å². The summed E-state index contributed by atoms with van der Waals surface area (Å²) in [5, 5.41) is 2.51. The molecule has 0 spiro atoms. The molecular formula is C9H6P. The Kier molecular flexibility index (Phi) is 1.41. The molecule has 0 nitrogen and oxygen atoms in total. The van der Waals surface area contributed by atoms with Gasteiger partial charge in [-0.25, -0.2) is 0 Å². The van der Waals surface area contributed by atoms with E-state index in [4.69, 9.17) is 0 Å². The first-order valence-electron chi connectivity index (χ1n) is 3.18. The van der Waals surface area contributed by atoms with E-state index in [-0.39, 0.29) is 0 Å². The molecule has 1 heterocycles. The molecule has 0 aliphatic carbocycles. The monoisotopic (exact) mass is 145 g/mol. The Hall–Kier alpha value is -0.870. The molecule has 0 aliphatic rings. The molecule has 0 N–H and O–H groups in total. The molecule has 0 saturated carbocycles. The zero-order valence-electron chi connectivity index (χ0n) is 5.41. The summed E-state index contributed by atoms with van der Waals surface area (Å²) in [4.78, 5) is 0. The van der Waals surface area contributed by atoms with Crippen LogP contribution in [0.2, 0.25) is 0 Å². The van der Waals surface area contributed by atoms with Crippen molar-refractivity contribution in [2.75, 3.05) is 0 Å². The van der Waals surface area contributed by atoms with Gasteiger partial charge >= 0.3 is 0 Å². The first kappa shape index (κ1) is 5.88. The minimum Gasteiger partial charge on any atom is -0.0668 e. The lowest BCUT2D eigenvalue weighted by Crippen LogP contribution is -1.64. The largest absolute Gasteiger partial charge is 0.0668 e. The molecule has 0 atom stereocenters. The van der Waals surface area contributed by atoms with Crippen molar-refractivity contribution in [1.82, 2.24) is 0 Å². The third kappa shape index (κ3) is 0.913. The van der Waals surface area contributed by atoms with E-state index in [1.165, 1.54) is 19.0 Å². The van der Waals surface area contributed by atoms with Crippen molar-refractivity contribution in [3.8, 4) is 0 Å². The summed E-state index contributed by atoms with van der Waals surface area (Å²) in [6.45, 7) is 0. The van der Waals surface area contributed by atoms with E-state index >= 15 is 0 Å². The van der Waals surface area contributed by atoms with Gasteiger partial charge in [-0.3, -0.25) is 0 Å². The van der Waals surface area contributed by atoms with Crippen molar-refractivity contribution in [2.24, 2.45) is 0 Å². The van der Waals surface area contributed by atoms with Crippen molar-refractivity contribution in [1.29, 1.82) is 0 Å². The molecular weight excluding hydrogens is 139 g/mol. The van der Waals surface area contributed by atoms with E-state index in [0.717, 1.165) is 0 Å². The summed E-state index contributed by atoms with van der Waals surface area (Å²) in [7, 11) is 1.17. The SMILES string of the molecule is [c]1pccc2ccccc12. The highest BCUT2D eigenvalue weighted by Crippen LogP contribution is 2.16. The normalized spacial score (nSPS) is 10.8. The highest BCUT2D eigenvalue weighted by atomic mass is 31.0. The van der Waals surface area contributed by atoms with Gasteiger partial charge < -0.3 is 0 Å². The average molecular weight is 145 g/mol. The van der Waals surface area contributed by atoms with Crippen LogP contribution in [0.15, 0.2) is 36.1 Å². The van der Waals surface area contributed by atoms with Crippen LogP contribution in [0.3, 0.4) is 0 Å². The lowest BCUT2D eigenvalue weighted by atomic mass is 10.2. The Morgan fingerprint density at radius 3 is 2.90 bits per heavy atom. The lowest BCUT2D eigenvalue weighted by molar-refractivity contribution is 1.82. The quantitative estimate of drug-likeness (QED) is 0.533. The second-order valence-corrected chi connectivity index (χ2v) is 2.92. The van der Waals surface area contributed by atoms with Crippen molar-refractivity contribution in [2.45, 2.75) is 0 Å². The summed E-state index contributed by atoms with van der Waals surface area (Å²) >= 11 is 0. The first-order valence-corrected chi connectivity index (χ1v) is 4.14. The maximum Gasteiger partial charge on any atom is 0.0221 e. The van der Waals surface area contributed by atoms with Gasteiger partial charge in [-0.05, 0) is 22.6 Å².